The third kappa shape index (κ3) is 7.06. The van der Waals surface area contributed by atoms with Gasteiger partial charge >= 0.3 is 0 Å². The molecule has 7 nitrogen and oxygen atoms in total. The fraction of sp³-hybridized carbons (Fsp3) is 0.355. The zero-order chi connectivity index (χ0) is 27.3. The second kappa shape index (κ2) is 11.6. The molecule has 4 rings (SSSR count). The third-order valence-corrected chi connectivity index (χ3v) is 6.19. The zero-order valence-electron chi connectivity index (χ0n) is 22.9. The summed E-state index contributed by atoms with van der Waals surface area (Å²) in [6, 6.07) is 19.5. The summed E-state index contributed by atoms with van der Waals surface area (Å²) < 4.78 is 2.17. The van der Waals surface area contributed by atoms with E-state index in [2.05, 4.69) is 53.1 Å². The lowest BCUT2D eigenvalue weighted by molar-refractivity contribution is -0.123. The van der Waals surface area contributed by atoms with Crippen LogP contribution in [0.3, 0.4) is 0 Å². The smallest absolute Gasteiger partial charge is 0.251 e. The first-order chi connectivity index (χ1) is 18.1. The lowest BCUT2D eigenvalue weighted by Gasteiger charge is -2.23. The molecule has 198 valence electrons. The normalized spacial score (nSPS) is 12.5. The first kappa shape index (κ1) is 27.0. The molecule has 1 unspecified atom stereocenters. The SMILES string of the molecule is CC(C)NC(=O)c1ccc2c(c1)nc(CC(NC(=O)CC(C)(C)C)c1cccnc1)n2Cc1ccccc1. The second-order valence-electron chi connectivity index (χ2n) is 11.3. The highest BCUT2D eigenvalue weighted by Gasteiger charge is 2.23. The van der Waals surface area contributed by atoms with Gasteiger partial charge in [-0.05, 0) is 54.7 Å². The van der Waals surface area contributed by atoms with Crippen LogP contribution in [0.2, 0.25) is 0 Å². The highest BCUT2D eigenvalue weighted by molar-refractivity contribution is 5.97. The molecule has 7 heteroatoms. The van der Waals surface area contributed by atoms with Crippen LogP contribution in [-0.2, 0) is 17.8 Å². The van der Waals surface area contributed by atoms with Crippen molar-refractivity contribution in [3.05, 3.63) is 95.6 Å². The highest BCUT2D eigenvalue weighted by Crippen LogP contribution is 2.25. The molecule has 0 aliphatic heterocycles. The summed E-state index contributed by atoms with van der Waals surface area (Å²) in [5, 5.41) is 6.18. The van der Waals surface area contributed by atoms with Crippen LogP contribution >= 0.6 is 0 Å². The molecule has 0 fully saturated rings. The van der Waals surface area contributed by atoms with Crippen molar-refractivity contribution >= 4 is 22.8 Å². The first-order valence-corrected chi connectivity index (χ1v) is 13.1. The molecular weight excluding hydrogens is 474 g/mol. The van der Waals surface area contributed by atoms with E-state index in [-0.39, 0.29) is 29.3 Å². The topological polar surface area (TPSA) is 88.9 Å². The van der Waals surface area contributed by atoms with Crippen LogP contribution < -0.4 is 10.6 Å². The number of imidazole rings is 1. The van der Waals surface area contributed by atoms with Crippen molar-refractivity contribution in [2.45, 2.75) is 66.1 Å². The van der Waals surface area contributed by atoms with Crippen LogP contribution in [0, 0.1) is 5.41 Å². The Morgan fingerprint density at radius 3 is 2.39 bits per heavy atom. The predicted octanol–water partition coefficient (Wildman–Crippen LogP) is 5.45. The third-order valence-electron chi connectivity index (χ3n) is 6.19. The van der Waals surface area contributed by atoms with Crippen LogP contribution in [0.5, 0.6) is 0 Å². The van der Waals surface area contributed by atoms with Crippen molar-refractivity contribution in [1.82, 2.24) is 25.2 Å². The number of pyridine rings is 1. The number of hydrogen-bond donors (Lipinski definition) is 2. The van der Waals surface area contributed by atoms with E-state index < -0.39 is 0 Å². The van der Waals surface area contributed by atoms with Crippen molar-refractivity contribution in [1.29, 1.82) is 0 Å². The van der Waals surface area contributed by atoms with Gasteiger partial charge in [0, 0.05) is 43.4 Å². The van der Waals surface area contributed by atoms with Gasteiger partial charge < -0.3 is 15.2 Å². The number of amides is 2. The molecule has 2 aromatic heterocycles. The lowest BCUT2D eigenvalue weighted by atomic mass is 9.91. The summed E-state index contributed by atoms with van der Waals surface area (Å²) in [4.78, 5) is 34.9. The van der Waals surface area contributed by atoms with Gasteiger partial charge in [0.25, 0.3) is 5.91 Å². The van der Waals surface area contributed by atoms with Gasteiger partial charge in [-0.15, -0.1) is 0 Å². The van der Waals surface area contributed by atoms with Gasteiger partial charge in [0.2, 0.25) is 5.91 Å². The number of carbonyl (C=O) groups is 2. The molecule has 4 aromatic rings. The molecule has 0 aliphatic carbocycles. The number of rotatable bonds is 9. The highest BCUT2D eigenvalue weighted by atomic mass is 16.2. The maximum atomic E-state index is 13.0. The summed E-state index contributed by atoms with van der Waals surface area (Å²) in [6.45, 7) is 10.7. The summed E-state index contributed by atoms with van der Waals surface area (Å²) in [5.41, 5.74) is 4.20. The molecule has 2 heterocycles. The molecule has 0 saturated carbocycles. The minimum Gasteiger partial charge on any atom is -0.350 e. The van der Waals surface area contributed by atoms with Gasteiger partial charge in [-0.2, -0.15) is 0 Å². The fourth-order valence-electron chi connectivity index (χ4n) is 4.51. The molecule has 2 aromatic carbocycles. The van der Waals surface area contributed by atoms with Crippen molar-refractivity contribution < 1.29 is 9.59 Å². The molecule has 2 N–H and O–H groups in total. The molecular formula is C31H37N5O2. The van der Waals surface area contributed by atoms with Crippen molar-refractivity contribution in [3.63, 3.8) is 0 Å². The summed E-state index contributed by atoms with van der Waals surface area (Å²) in [7, 11) is 0. The molecule has 38 heavy (non-hydrogen) atoms. The predicted molar refractivity (Wildman–Crippen MR) is 151 cm³/mol. The summed E-state index contributed by atoms with van der Waals surface area (Å²) in [6.07, 6.45) is 4.42. The molecule has 0 bridgehead atoms. The second-order valence-corrected chi connectivity index (χ2v) is 11.3. The maximum absolute atomic E-state index is 13.0. The Kier molecular flexibility index (Phi) is 8.25. The minimum atomic E-state index is -0.298. The van der Waals surface area contributed by atoms with Crippen LogP contribution in [-0.4, -0.2) is 32.4 Å². The Morgan fingerprint density at radius 2 is 1.74 bits per heavy atom. The average molecular weight is 512 g/mol. The quantitative estimate of drug-likeness (QED) is 0.313. The van der Waals surface area contributed by atoms with E-state index >= 15 is 0 Å². The number of benzene rings is 2. The molecule has 0 radical (unpaired) electrons. The lowest BCUT2D eigenvalue weighted by Crippen LogP contribution is -2.33. The number of nitrogens with zero attached hydrogens (tertiary/aromatic N) is 3. The van der Waals surface area contributed by atoms with Crippen LogP contribution in [0.25, 0.3) is 11.0 Å². The van der Waals surface area contributed by atoms with Crippen molar-refractivity contribution in [2.75, 3.05) is 0 Å². The van der Waals surface area contributed by atoms with Crippen molar-refractivity contribution in [2.24, 2.45) is 5.41 Å². The Labute approximate surface area is 224 Å². The van der Waals surface area contributed by atoms with Crippen LogP contribution in [0.4, 0.5) is 0 Å². The van der Waals surface area contributed by atoms with E-state index in [0.29, 0.717) is 24.9 Å². The minimum absolute atomic E-state index is 0.00952. The molecule has 2 amide bonds. The monoisotopic (exact) mass is 511 g/mol. The fourth-order valence-corrected chi connectivity index (χ4v) is 4.51. The first-order valence-electron chi connectivity index (χ1n) is 13.1. The molecule has 0 spiro atoms. The summed E-state index contributed by atoms with van der Waals surface area (Å²) >= 11 is 0. The molecule has 0 saturated heterocycles. The van der Waals surface area contributed by atoms with E-state index in [9.17, 15) is 9.59 Å². The van der Waals surface area contributed by atoms with E-state index in [4.69, 9.17) is 4.98 Å². The van der Waals surface area contributed by atoms with E-state index in [1.165, 1.54) is 0 Å². The Bertz CT molecular complexity index is 1390. The van der Waals surface area contributed by atoms with Gasteiger partial charge in [0.1, 0.15) is 5.82 Å². The van der Waals surface area contributed by atoms with Crippen LogP contribution in [0.15, 0.2) is 73.1 Å². The average Bonchev–Trinajstić information content (AvgIpc) is 3.19. The van der Waals surface area contributed by atoms with Crippen LogP contribution in [0.1, 0.15) is 74.4 Å². The van der Waals surface area contributed by atoms with Crippen molar-refractivity contribution in [3.8, 4) is 0 Å². The zero-order valence-corrected chi connectivity index (χ0v) is 22.9. The van der Waals surface area contributed by atoms with E-state index in [0.717, 1.165) is 28.0 Å². The maximum Gasteiger partial charge on any atom is 0.251 e. The standard InChI is InChI=1S/C31H37N5O2/c1-21(2)33-30(38)23-13-14-27-26(16-23)34-28(36(27)20-22-10-7-6-8-11-22)17-25(24-12-9-15-32-19-24)35-29(37)18-31(3,4)5/h6-16,19,21,25H,17-18,20H2,1-5H3,(H,33,38)(H,35,37). The number of fused-ring (bicyclic) bond motifs is 1. The van der Waals surface area contributed by atoms with Gasteiger partial charge in [-0.25, -0.2) is 4.98 Å². The van der Waals surface area contributed by atoms with Gasteiger partial charge in [-0.3, -0.25) is 14.6 Å². The Hall–Kier alpha value is -4.00. The number of carbonyl (C=O) groups excluding carboxylic acids is 2. The van der Waals surface area contributed by atoms with E-state index in [1.54, 1.807) is 12.4 Å². The van der Waals surface area contributed by atoms with Gasteiger partial charge in [0.15, 0.2) is 0 Å². The van der Waals surface area contributed by atoms with E-state index in [1.807, 2.05) is 62.4 Å². The summed E-state index contributed by atoms with van der Waals surface area (Å²) in [5.74, 6) is 0.698. The Balaban J connectivity index is 1.74. The van der Waals surface area contributed by atoms with Gasteiger partial charge in [0.05, 0.1) is 17.1 Å². The Morgan fingerprint density at radius 1 is 0.974 bits per heavy atom. The number of hydrogen-bond acceptors (Lipinski definition) is 4. The molecule has 1 atom stereocenters. The number of aromatic nitrogens is 3. The number of nitrogens with one attached hydrogen (secondary N) is 2. The van der Waals surface area contributed by atoms with Gasteiger partial charge in [-0.1, -0.05) is 57.2 Å². The largest absolute Gasteiger partial charge is 0.350 e. The molecule has 0 aliphatic rings.